The van der Waals surface area contributed by atoms with Gasteiger partial charge in [-0.3, -0.25) is 19.8 Å². The molecule has 1 aromatic rings. The van der Waals surface area contributed by atoms with Crippen LogP contribution in [0.3, 0.4) is 0 Å². The number of piperazine rings is 1. The Kier molecular flexibility index (Phi) is 4.81. The van der Waals surface area contributed by atoms with Gasteiger partial charge in [-0.1, -0.05) is 6.92 Å². The maximum atomic E-state index is 12.1. The number of rotatable bonds is 5. The molecular formula is C14H19N3O3. The Morgan fingerprint density at radius 2 is 1.70 bits per heavy atom. The maximum Gasteiger partial charge on any atom is 0.269 e. The molecule has 1 fully saturated rings. The number of carbonyl (C=O) groups is 1. The van der Waals surface area contributed by atoms with Gasteiger partial charge in [0.15, 0.2) is 5.78 Å². The van der Waals surface area contributed by atoms with Gasteiger partial charge in [-0.15, -0.1) is 0 Å². The highest BCUT2D eigenvalue weighted by atomic mass is 16.6. The molecule has 6 heteroatoms. The average molecular weight is 277 g/mol. The lowest BCUT2D eigenvalue weighted by Gasteiger charge is -2.33. The lowest BCUT2D eigenvalue weighted by Crippen LogP contribution is -2.47. The van der Waals surface area contributed by atoms with Gasteiger partial charge in [-0.2, -0.15) is 0 Å². The third-order valence-corrected chi connectivity index (χ3v) is 3.68. The zero-order valence-electron chi connectivity index (χ0n) is 11.6. The minimum Gasteiger partial charge on any atom is -0.301 e. The summed E-state index contributed by atoms with van der Waals surface area (Å²) in [4.78, 5) is 26.7. The van der Waals surface area contributed by atoms with Crippen LogP contribution in [0.25, 0.3) is 0 Å². The van der Waals surface area contributed by atoms with Crippen molar-refractivity contribution in [3.05, 3.63) is 39.9 Å². The van der Waals surface area contributed by atoms with E-state index in [4.69, 9.17) is 0 Å². The van der Waals surface area contributed by atoms with Crippen LogP contribution < -0.4 is 0 Å². The van der Waals surface area contributed by atoms with E-state index in [1.165, 1.54) is 24.3 Å². The molecule has 0 aliphatic carbocycles. The number of hydrogen-bond donors (Lipinski definition) is 0. The summed E-state index contributed by atoms with van der Waals surface area (Å²) >= 11 is 0. The molecule has 0 aromatic heterocycles. The number of nitro groups is 1. The molecule has 0 bridgehead atoms. The molecule has 20 heavy (non-hydrogen) atoms. The van der Waals surface area contributed by atoms with Crippen LogP contribution in [0.2, 0.25) is 0 Å². The van der Waals surface area contributed by atoms with E-state index in [1.54, 1.807) is 0 Å². The molecule has 108 valence electrons. The molecule has 0 radical (unpaired) electrons. The highest BCUT2D eigenvalue weighted by Crippen LogP contribution is 2.13. The SMILES string of the molecule is CCN1CCN(CC(=O)c2ccc([N+](=O)[O-])cc2)CC1. The standard InChI is InChI=1S/C14H19N3O3/c1-2-15-7-9-16(10-8-15)11-14(18)12-3-5-13(6-4-12)17(19)20/h3-6H,2,7-11H2,1H3. The number of nitrogens with zero attached hydrogens (tertiary/aromatic N) is 3. The number of Topliss-reactive ketones (excluding diaryl/α,β-unsaturated/α-hetero) is 1. The molecule has 1 aromatic carbocycles. The number of likely N-dealkylation sites (N-methyl/N-ethyl adjacent to an activating group) is 1. The first kappa shape index (κ1) is 14.6. The molecule has 0 amide bonds. The van der Waals surface area contributed by atoms with Crippen molar-refractivity contribution in [2.45, 2.75) is 6.92 Å². The largest absolute Gasteiger partial charge is 0.301 e. The van der Waals surface area contributed by atoms with Crippen LogP contribution in [0.5, 0.6) is 0 Å². The van der Waals surface area contributed by atoms with Gasteiger partial charge in [-0.25, -0.2) is 0 Å². The predicted molar refractivity (Wildman–Crippen MR) is 76.0 cm³/mol. The summed E-state index contributed by atoms with van der Waals surface area (Å²) in [6.07, 6.45) is 0. The smallest absolute Gasteiger partial charge is 0.269 e. The van der Waals surface area contributed by atoms with Crippen molar-refractivity contribution in [2.75, 3.05) is 39.3 Å². The van der Waals surface area contributed by atoms with E-state index < -0.39 is 4.92 Å². The number of nitro benzene ring substituents is 1. The Balaban J connectivity index is 1.90. The molecule has 1 saturated heterocycles. The Labute approximate surface area is 118 Å². The highest BCUT2D eigenvalue weighted by Gasteiger charge is 2.18. The first-order valence-electron chi connectivity index (χ1n) is 6.82. The van der Waals surface area contributed by atoms with Crippen molar-refractivity contribution in [3.8, 4) is 0 Å². The fraction of sp³-hybridized carbons (Fsp3) is 0.500. The monoisotopic (exact) mass is 277 g/mol. The lowest BCUT2D eigenvalue weighted by atomic mass is 10.1. The second-order valence-corrected chi connectivity index (χ2v) is 4.94. The molecule has 0 unspecified atom stereocenters. The number of hydrogen-bond acceptors (Lipinski definition) is 5. The number of non-ortho nitro benzene ring substituents is 1. The quantitative estimate of drug-likeness (QED) is 0.462. The fourth-order valence-corrected chi connectivity index (χ4v) is 2.33. The minimum atomic E-state index is -0.460. The van der Waals surface area contributed by atoms with Gasteiger partial charge in [0, 0.05) is 43.9 Å². The Bertz CT molecular complexity index is 479. The second-order valence-electron chi connectivity index (χ2n) is 4.94. The zero-order valence-corrected chi connectivity index (χ0v) is 11.6. The van der Waals surface area contributed by atoms with Gasteiger partial charge in [0.1, 0.15) is 0 Å². The van der Waals surface area contributed by atoms with E-state index in [-0.39, 0.29) is 11.5 Å². The Morgan fingerprint density at radius 3 is 2.20 bits per heavy atom. The van der Waals surface area contributed by atoms with Crippen LogP contribution in [-0.2, 0) is 0 Å². The summed E-state index contributed by atoms with van der Waals surface area (Å²) in [7, 11) is 0. The van der Waals surface area contributed by atoms with Crippen molar-refractivity contribution in [3.63, 3.8) is 0 Å². The minimum absolute atomic E-state index is 0.0121. The molecule has 6 nitrogen and oxygen atoms in total. The van der Waals surface area contributed by atoms with Crippen LogP contribution in [0.1, 0.15) is 17.3 Å². The fourth-order valence-electron chi connectivity index (χ4n) is 2.33. The molecule has 0 spiro atoms. The van der Waals surface area contributed by atoms with Gasteiger partial charge >= 0.3 is 0 Å². The van der Waals surface area contributed by atoms with E-state index >= 15 is 0 Å². The van der Waals surface area contributed by atoms with E-state index in [0.29, 0.717) is 12.1 Å². The van der Waals surface area contributed by atoms with Crippen molar-refractivity contribution >= 4 is 11.5 Å². The summed E-state index contributed by atoms with van der Waals surface area (Å²) < 4.78 is 0. The van der Waals surface area contributed by atoms with Gasteiger partial charge in [0.25, 0.3) is 5.69 Å². The molecule has 0 atom stereocenters. The van der Waals surface area contributed by atoms with Gasteiger partial charge in [0.2, 0.25) is 0 Å². The van der Waals surface area contributed by atoms with Crippen molar-refractivity contribution in [1.82, 2.24) is 9.80 Å². The summed E-state index contributed by atoms with van der Waals surface area (Å²) in [6, 6.07) is 5.82. The topological polar surface area (TPSA) is 66.7 Å². The predicted octanol–water partition coefficient (Wildman–Crippen LogP) is 1.41. The second kappa shape index (κ2) is 6.58. The normalized spacial score (nSPS) is 17.1. The molecule has 2 rings (SSSR count). The van der Waals surface area contributed by atoms with Crippen molar-refractivity contribution < 1.29 is 9.72 Å². The van der Waals surface area contributed by atoms with Crippen molar-refractivity contribution in [1.29, 1.82) is 0 Å². The third kappa shape index (κ3) is 3.61. The molecular weight excluding hydrogens is 258 g/mol. The van der Waals surface area contributed by atoms with Crippen LogP contribution >= 0.6 is 0 Å². The van der Waals surface area contributed by atoms with Crippen LogP contribution in [-0.4, -0.2) is 59.8 Å². The average Bonchev–Trinajstić information content (AvgIpc) is 2.48. The summed E-state index contributed by atoms with van der Waals surface area (Å²) in [5.74, 6) is 0.0184. The number of carbonyl (C=O) groups excluding carboxylic acids is 1. The molecule has 1 aliphatic rings. The zero-order chi connectivity index (χ0) is 14.5. The first-order valence-corrected chi connectivity index (χ1v) is 6.82. The van der Waals surface area contributed by atoms with Gasteiger partial charge in [-0.05, 0) is 18.7 Å². The van der Waals surface area contributed by atoms with E-state index in [9.17, 15) is 14.9 Å². The van der Waals surface area contributed by atoms with E-state index in [2.05, 4.69) is 16.7 Å². The number of benzene rings is 1. The van der Waals surface area contributed by atoms with Crippen molar-refractivity contribution in [2.24, 2.45) is 0 Å². The first-order chi connectivity index (χ1) is 9.60. The van der Waals surface area contributed by atoms with E-state index in [1.807, 2.05) is 0 Å². The van der Waals surface area contributed by atoms with E-state index in [0.717, 1.165) is 32.7 Å². The Morgan fingerprint density at radius 1 is 1.15 bits per heavy atom. The molecule has 0 N–H and O–H groups in total. The number of ketones is 1. The van der Waals surface area contributed by atoms with Crippen LogP contribution in [0, 0.1) is 10.1 Å². The molecule has 1 aliphatic heterocycles. The van der Waals surface area contributed by atoms with Gasteiger partial charge < -0.3 is 4.90 Å². The molecule has 0 saturated carbocycles. The van der Waals surface area contributed by atoms with Crippen LogP contribution in [0.15, 0.2) is 24.3 Å². The summed E-state index contributed by atoms with van der Waals surface area (Å²) in [6.45, 7) is 7.34. The molecule has 1 heterocycles. The third-order valence-electron chi connectivity index (χ3n) is 3.68. The Hall–Kier alpha value is -1.79. The highest BCUT2D eigenvalue weighted by molar-refractivity contribution is 5.97. The van der Waals surface area contributed by atoms with Crippen LogP contribution in [0.4, 0.5) is 5.69 Å². The lowest BCUT2D eigenvalue weighted by molar-refractivity contribution is -0.384. The summed E-state index contributed by atoms with van der Waals surface area (Å²) in [5.41, 5.74) is 0.548. The summed E-state index contributed by atoms with van der Waals surface area (Å²) in [5, 5.41) is 10.6. The van der Waals surface area contributed by atoms with Gasteiger partial charge in [0.05, 0.1) is 11.5 Å². The maximum absolute atomic E-state index is 12.1.